The SMILES string of the molecule is C=C(O)c1cccc(CC2CC(=O)C(c3c(CC)cc(C)cc3CC)C2=O)c1. The highest BCUT2D eigenvalue weighted by molar-refractivity contribution is 6.15. The third kappa shape index (κ3) is 3.80. The zero-order valence-electron chi connectivity index (χ0n) is 16.9. The summed E-state index contributed by atoms with van der Waals surface area (Å²) in [5, 5.41) is 9.62. The third-order valence-corrected chi connectivity index (χ3v) is 5.74. The Morgan fingerprint density at radius 2 is 1.75 bits per heavy atom. The fraction of sp³-hybridized carbons (Fsp3) is 0.360. The monoisotopic (exact) mass is 376 g/mol. The third-order valence-electron chi connectivity index (χ3n) is 5.74. The van der Waals surface area contributed by atoms with Gasteiger partial charge >= 0.3 is 0 Å². The van der Waals surface area contributed by atoms with Gasteiger partial charge in [-0.05, 0) is 54.5 Å². The molecule has 2 unspecified atom stereocenters. The van der Waals surface area contributed by atoms with Crippen molar-refractivity contribution in [1.82, 2.24) is 0 Å². The van der Waals surface area contributed by atoms with E-state index in [-0.39, 0.29) is 29.7 Å². The van der Waals surface area contributed by atoms with Gasteiger partial charge in [0.15, 0.2) is 5.78 Å². The van der Waals surface area contributed by atoms with E-state index in [9.17, 15) is 14.7 Å². The molecule has 2 aromatic carbocycles. The van der Waals surface area contributed by atoms with E-state index in [0.29, 0.717) is 12.0 Å². The van der Waals surface area contributed by atoms with E-state index in [2.05, 4.69) is 39.5 Å². The van der Waals surface area contributed by atoms with Crippen LogP contribution in [0.5, 0.6) is 0 Å². The van der Waals surface area contributed by atoms with Gasteiger partial charge < -0.3 is 5.11 Å². The van der Waals surface area contributed by atoms with Crippen molar-refractivity contribution in [3.05, 3.63) is 76.4 Å². The minimum atomic E-state index is -0.633. The van der Waals surface area contributed by atoms with Crippen molar-refractivity contribution in [2.45, 2.75) is 52.4 Å². The topological polar surface area (TPSA) is 54.4 Å². The van der Waals surface area contributed by atoms with E-state index in [1.807, 2.05) is 18.2 Å². The standard InChI is InChI=1S/C25H28O3/c1-5-18-10-15(3)11-19(6-2)23(18)24-22(27)14-21(25(24)28)13-17-8-7-9-20(12-17)16(4)26/h7-12,21,24,26H,4-6,13-14H2,1-3H3. The van der Waals surface area contributed by atoms with Crippen LogP contribution in [0.25, 0.3) is 5.76 Å². The molecule has 2 aromatic rings. The Morgan fingerprint density at radius 3 is 2.32 bits per heavy atom. The largest absolute Gasteiger partial charge is 0.508 e. The summed E-state index contributed by atoms with van der Waals surface area (Å²) in [6.07, 6.45) is 2.42. The molecule has 0 spiro atoms. The molecule has 1 aliphatic rings. The zero-order valence-corrected chi connectivity index (χ0v) is 16.9. The van der Waals surface area contributed by atoms with Crippen LogP contribution < -0.4 is 0 Å². The summed E-state index contributed by atoms with van der Waals surface area (Å²) in [7, 11) is 0. The number of Topliss-reactive ketones (excluding diaryl/α,β-unsaturated/α-hetero) is 2. The fourth-order valence-electron chi connectivity index (χ4n) is 4.40. The summed E-state index contributed by atoms with van der Waals surface area (Å²) in [5.41, 5.74) is 5.94. The molecule has 0 aliphatic heterocycles. The van der Waals surface area contributed by atoms with Crippen molar-refractivity contribution < 1.29 is 14.7 Å². The number of aryl methyl sites for hydroxylation is 3. The minimum absolute atomic E-state index is 0.00776. The molecule has 0 radical (unpaired) electrons. The molecule has 0 heterocycles. The highest BCUT2D eigenvalue weighted by Crippen LogP contribution is 2.38. The molecule has 1 saturated carbocycles. The number of hydrogen-bond acceptors (Lipinski definition) is 3. The Hall–Kier alpha value is -2.68. The van der Waals surface area contributed by atoms with Crippen LogP contribution in [0.15, 0.2) is 43.0 Å². The minimum Gasteiger partial charge on any atom is -0.508 e. The maximum atomic E-state index is 13.3. The lowest BCUT2D eigenvalue weighted by atomic mass is 9.83. The second-order valence-corrected chi connectivity index (χ2v) is 7.76. The smallest absolute Gasteiger partial charge is 0.151 e. The van der Waals surface area contributed by atoms with Gasteiger partial charge in [-0.15, -0.1) is 0 Å². The summed E-state index contributed by atoms with van der Waals surface area (Å²) in [6.45, 7) is 9.77. The Labute approximate surface area is 167 Å². The molecule has 3 rings (SSSR count). The van der Waals surface area contributed by atoms with Crippen molar-refractivity contribution in [2.24, 2.45) is 5.92 Å². The Balaban J connectivity index is 1.93. The first-order valence-electron chi connectivity index (χ1n) is 10.0. The van der Waals surface area contributed by atoms with Crippen molar-refractivity contribution in [3.8, 4) is 0 Å². The summed E-state index contributed by atoms with van der Waals surface area (Å²) >= 11 is 0. The van der Waals surface area contributed by atoms with Gasteiger partial charge in [-0.1, -0.05) is 56.3 Å². The number of rotatable bonds is 6. The van der Waals surface area contributed by atoms with Crippen LogP contribution >= 0.6 is 0 Å². The van der Waals surface area contributed by atoms with Gasteiger partial charge in [0, 0.05) is 17.9 Å². The molecular weight excluding hydrogens is 348 g/mol. The molecule has 0 amide bonds. The molecule has 2 atom stereocenters. The Kier molecular flexibility index (Phi) is 5.83. The lowest BCUT2D eigenvalue weighted by Gasteiger charge is -2.19. The van der Waals surface area contributed by atoms with E-state index in [4.69, 9.17) is 0 Å². The van der Waals surface area contributed by atoms with E-state index in [0.717, 1.165) is 35.1 Å². The van der Waals surface area contributed by atoms with E-state index in [1.54, 1.807) is 6.07 Å². The quantitative estimate of drug-likeness (QED) is 0.561. The first-order valence-corrected chi connectivity index (χ1v) is 10.0. The van der Waals surface area contributed by atoms with Gasteiger partial charge in [0.25, 0.3) is 0 Å². The first-order chi connectivity index (χ1) is 13.3. The second-order valence-electron chi connectivity index (χ2n) is 7.76. The van der Waals surface area contributed by atoms with Crippen LogP contribution in [0.3, 0.4) is 0 Å². The van der Waals surface area contributed by atoms with Gasteiger partial charge in [-0.25, -0.2) is 0 Å². The van der Waals surface area contributed by atoms with Crippen molar-refractivity contribution in [3.63, 3.8) is 0 Å². The van der Waals surface area contributed by atoms with E-state index >= 15 is 0 Å². The molecule has 146 valence electrons. The molecule has 1 fully saturated rings. The number of benzene rings is 2. The van der Waals surface area contributed by atoms with Gasteiger partial charge in [-0.2, -0.15) is 0 Å². The normalized spacial score (nSPS) is 19.2. The molecule has 1 aliphatic carbocycles. The molecular formula is C25H28O3. The van der Waals surface area contributed by atoms with Crippen molar-refractivity contribution in [1.29, 1.82) is 0 Å². The molecule has 3 nitrogen and oxygen atoms in total. The predicted molar refractivity (Wildman–Crippen MR) is 113 cm³/mol. The zero-order chi connectivity index (χ0) is 20.4. The first kappa shape index (κ1) is 20.1. The van der Waals surface area contributed by atoms with Crippen molar-refractivity contribution >= 4 is 17.3 Å². The van der Waals surface area contributed by atoms with Crippen LogP contribution in [-0.2, 0) is 28.9 Å². The lowest BCUT2D eigenvalue weighted by Crippen LogP contribution is -2.20. The number of hydrogen-bond donors (Lipinski definition) is 1. The average molecular weight is 376 g/mol. The summed E-state index contributed by atoms with van der Waals surface area (Å²) in [6, 6.07) is 11.6. The molecule has 3 heteroatoms. The predicted octanol–water partition coefficient (Wildman–Crippen LogP) is 5.13. The number of aliphatic hydroxyl groups is 1. The van der Waals surface area contributed by atoms with Gasteiger partial charge in [-0.3, -0.25) is 9.59 Å². The summed E-state index contributed by atoms with van der Waals surface area (Å²) < 4.78 is 0. The molecule has 0 saturated heterocycles. The average Bonchev–Trinajstić information content (AvgIpc) is 2.94. The Morgan fingerprint density at radius 1 is 1.11 bits per heavy atom. The van der Waals surface area contributed by atoms with Crippen LogP contribution in [0, 0.1) is 12.8 Å². The maximum absolute atomic E-state index is 13.3. The Bertz CT molecular complexity index is 914. The molecule has 1 N–H and O–H groups in total. The maximum Gasteiger partial charge on any atom is 0.151 e. The number of aliphatic hydroxyl groups excluding tert-OH is 1. The number of carbonyl (C=O) groups excluding carboxylic acids is 2. The van der Waals surface area contributed by atoms with Crippen LogP contribution in [0.2, 0.25) is 0 Å². The molecule has 28 heavy (non-hydrogen) atoms. The van der Waals surface area contributed by atoms with Crippen molar-refractivity contribution in [2.75, 3.05) is 0 Å². The number of carbonyl (C=O) groups is 2. The van der Waals surface area contributed by atoms with Crippen LogP contribution in [0.1, 0.15) is 59.6 Å². The highest BCUT2D eigenvalue weighted by Gasteiger charge is 2.43. The molecule has 0 aromatic heterocycles. The van der Waals surface area contributed by atoms with Gasteiger partial charge in [0.2, 0.25) is 0 Å². The lowest BCUT2D eigenvalue weighted by molar-refractivity contribution is -0.124. The van der Waals surface area contributed by atoms with Gasteiger partial charge in [0.05, 0.1) is 0 Å². The van der Waals surface area contributed by atoms with E-state index in [1.165, 1.54) is 5.56 Å². The summed E-state index contributed by atoms with van der Waals surface area (Å²) in [4.78, 5) is 26.2. The second kappa shape index (κ2) is 8.14. The molecule has 0 bridgehead atoms. The highest BCUT2D eigenvalue weighted by atomic mass is 16.3. The fourth-order valence-corrected chi connectivity index (χ4v) is 4.40. The van der Waals surface area contributed by atoms with Crippen LogP contribution in [0.4, 0.5) is 0 Å². The number of ketones is 2. The van der Waals surface area contributed by atoms with Gasteiger partial charge in [0.1, 0.15) is 17.5 Å². The summed E-state index contributed by atoms with van der Waals surface area (Å²) in [5.74, 6) is -0.868. The van der Waals surface area contributed by atoms with Crippen LogP contribution in [-0.4, -0.2) is 16.7 Å². The van der Waals surface area contributed by atoms with E-state index < -0.39 is 5.92 Å².